The first-order valence-corrected chi connectivity index (χ1v) is 5.03. The molecular formula is C11H10F4N2O2. The van der Waals surface area contributed by atoms with Crippen molar-refractivity contribution in [3.63, 3.8) is 0 Å². The molecule has 19 heavy (non-hydrogen) atoms. The van der Waals surface area contributed by atoms with Gasteiger partial charge in [-0.1, -0.05) is 6.07 Å². The molecule has 104 valence electrons. The highest BCUT2D eigenvalue weighted by atomic mass is 19.4. The number of primary amides is 1. The van der Waals surface area contributed by atoms with E-state index in [1.54, 1.807) is 0 Å². The van der Waals surface area contributed by atoms with Crippen molar-refractivity contribution >= 4 is 11.8 Å². The standard InChI is InChI=1S/C11H10F4N2O2/c1-17(10(19)9(16)18)5-6-2-3-7(4-8(6)12)11(13,14)15/h2-4H,5H2,1H3,(H2,16,18). The summed E-state index contributed by atoms with van der Waals surface area (Å²) in [4.78, 5) is 22.5. The summed E-state index contributed by atoms with van der Waals surface area (Å²) >= 11 is 0. The SMILES string of the molecule is CN(Cc1ccc(C(F)(F)F)cc1F)C(=O)C(N)=O. The van der Waals surface area contributed by atoms with Gasteiger partial charge >= 0.3 is 18.0 Å². The number of carbonyl (C=O) groups is 2. The first-order chi connectivity index (χ1) is 8.62. The lowest BCUT2D eigenvalue weighted by Gasteiger charge is -2.16. The van der Waals surface area contributed by atoms with Gasteiger partial charge in [-0.3, -0.25) is 9.59 Å². The third kappa shape index (κ3) is 3.67. The molecule has 0 bridgehead atoms. The molecule has 0 spiro atoms. The Bertz CT molecular complexity index is 514. The van der Waals surface area contributed by atoms with Gasteiger partial charge in [0.25, 0.3) is 0 Å². The van der Waals surface area contributed by atoms with Gasteiger partial charge in [-0.2, -0.15) is 13.2 Å². The van der Waals surface area contributed by atoms with Crippen LogP contribution in [0.4, 0.5) is 17.6 Å². The van der Waals surface area contributed by atoms with Crippen LogP contribution in [0.15, 0.2) is 18.2 Å². The molecule has 2 N–H and O–H groups in total. The Hall–Kier alpha value is -2.12. The van der Waals surface area contributed by atoms with E-state index < -0.39 is 29.4 Å². The molecule has 1 rings (SSSR count). The van der Waals surface area contributed by atoms with Crippen LogP contribution in [0.3, 0.4) is 0 Å². The van der Waals surface area contributed by atoms with Gasteiger partial charge in [0.05, 0.1) is 5.56 Å². The predicted molar refractivity (Wildman–Crippen MR) is 57.1 cm³/mol. The molecule has 0 radical (unpaired) electrons. The number of carbonyl (C=O) groups excluding carboxylic acids is 2. The molecule has 0 aliphatic heterocycles. The van der Waals surface area contributed by atoms with Crippen LogP contribution in [0.1, 0.15) is 11.1 Å². The summed E-state index contributed by atoms with van der Waals surface area (Å²) in [5.41, 5.74) is 3.46. The first kappa shape index (κ1) is 14.9. The van der Waals surface area contributed by atoms with E-state index in [-0.39, 0.29) is 12.1 Å². The van der Waals surface area contributed by atoms with Crippen molar-refractivity contribution in [1.29, 1.82) is 0 Å². The molecule has 2 amide bonds. The van der Waals surface area contributed by atoms with Crippen LogP contribution in [0, 0.1) is 5.82 Å². The zero-order valence-electron chi connectivity index (χ0n) is 9.79. The Morgan fingerprint density at radius 2 is 1.89 bits per heavy atom. The molecule has 0 atom stereocenters. The largest absolute Gasteiger partial charge is 0.416 e. The second kappa shape index (κ2) is 5.25. The Balaban J connectivity index is 2.93. The smallest absolute Gasteiger partial charge is 0.361 e. The number of nitrogens with two attached hydrogens (primary N) is 1. The van der Waals surface area contributed by atoms with Crippen molar-refractivity contribution in [1.82, 2.24) is 4.90 Å². The summed E-state index contributed by atoms with van der Waals surface area (Å²) in [6.07, 6.45) is -4.64. The molecule has 1 aromatic rings. The van der Waals surface area contributed by atoms with Gasteiger partial charge in [0.1, 0.15) is 5.82 Å². The Morgan fingerprint density at radius 1 is 1.32 bits per heavy atom. The quantitative estimate of drug-likeness (QED) is 0.654. The number of amides is 2. The second-order valence-corrected chi connectivity index (χ2v) is 3.83. The highest BCUT2D eigenvalue weighted by molar-refractivity contribution is 6.34. The minimum atomic E-state index is -4.64. The molecule has 0 aliphatic carbocycles. The van der Waals surface area contributed by atoms with E-state index in [4.69, 9.17) is 5.73 Å². The lowest BCUT2D eigenvalue weighted by atomic mass is 10.1. The van der Waals surface area contributed by atoms with Crippen molar-refractivity contribution in [2.24, 2.45) is 5.73 Å². The van der Waals surface area contributed by atoms with Crippen molar-refractivity contribution in [3.8, 4) is 0 Å². The molecule has 1 aromatic carbocycles. The predicted octanol–water partition coefficient (Wildman–Crippen LogP) is 1.29. The third-order valence-electron chi connectivity index (χ3n) is 2.35. The van der Waals surface area contributed by atoms with Crippen LogP contribution in [0.2, 0.25) is 0 Å². The summed E-state index contributed by atoms with van der Waals surface area (Å²) in [6, 6.07) is 1.93. The third-order valence-corrected chi connectivity index (χ3v) is 2.35. The zero-order chi connectivity index (χ0) is 14.8. The van der Waals surface area contributed by atoms with E-state index in [1.807, 2.05) is 0 Å². The number of benzene rings is 1. The maximum absolute atomic E-state index is 13.5. The Labute approximate surface area is 105 Å². The molecule has 0 aromatic heterocycles. The van der Waals surface area contributed by atoms with E-state index in [1.165, 1.54) is 7.05 Å². The summed E-state index contributed by atoms with van der Waals surface area (Å²) < 4.78 is 50.4. The van der Waals surface area contributed by atoms with Crippen molar-refractivity contribution in [2.45, 2.75) is 12.7 Å². The number of likely N-dealkylation sites (N-methyl/N-ethyl adjacent to an activating group) is 1. The topological polar surface area (TPSA) is 63.4 Å². The van der Waals surface area contributed by atoms with E-state index >= 15 is 0 Å². The molecule has 0 aliphatic rings. The monoisotopic (exact) mass is 278 g/mol. The number of alkyl halides is 3. The van der Waals surface area contributed by atoms with Crippen LogP contribution in [-0.4, -0.2) is 23.8 Å². The van der Waals surface area contributed by atoms with Crippen molar-refractivity contribution in [2.75, 3.05) is 7.05 Å². The number of nitrogens with zero attached hydrogens (tertiary/aromatic N) is 1. The number of hydrogen-bond acceptors (Lipinski definition) is 2. The van der Waals surface area contributed by atoms with Crippen LogP contribution in [0.5, 0.6) is 0 Å². The van der Waals surface area contributed by atoms with Gasteiger partial charge in [-0.15, -0.1) is 0 Å². The van der Waals surface area contributed by atoms with Gasteiger partial charge < -0.3 is 10.6 Å². The van der Waals surface area contributed by atoms with Gasteiger partial charge in [0.15, 0.2) is 0 Å². The highest BCUT2D eigenvalue weighted by Gasteiger charge is 2.31. The molecule has 4 nitrogen and oxygen atoms in total. The molecule has 0 saturated heterocycles. The van der Waals surface area contributed by atoms with Gasteiger partial charge in [0.2, 0.25) is 0 Å². The van der Waals surface area contributed by atoms with Crippen molar-refractivity contribution < 1.29 is 27.2 Å². The summed E-state index contributed by atoms with van der Waals surface area (Å²) in [6.45, 7) is -0.355. The van der Waals surface area contributed by atoms with Crippen LogP contribution >= 0.6 is 0 Å². The summed E-state index contributed by atoms with van der Waals surface area (Å²) in [5, 5.41) is 0. The maximum atomic E-state index is 13.5. The lowest BCUT2D eigenvalue weighted by molar-refractivity contribution is -0.143. The van der Waals surface area contributed by atoms with E-state index in [2.05, 4.69) is 0 Å². The fourth-order valence-corrected chi connectivity index (χ4v) is 1.37. The van der Waals surface area contributed by atoms with E-state index in [0.717, 1.165) is 11.0 Å². The van der Waals surface area contributed by atoms with E-state index in [9.17, 15) is 27.2 Å². The second-order valence-electron chi connectivity index (χ2n) is 3.83. The van der Waals surface area contributed by atoms with Gasteiger partial charge in [-0.05, 0) is 12.1 Å². The van der Waals surface area contributed by atoms with Crippen molar-refractivity contribution in [3.05, 3.63) is 35.1 Å². The van der Waals surface area contributed by atoms with Gasteiger partial charge in [-0.25, -0.2) is 4.39 Å². The minimum Gasteiger partial charge on any atom is -0.361 e. The fraction of sp³-hybridized carbons (Fsp3) is 0.273. The highest BCUT2D eigenvalue weighted by Crippen LogP contribution is 2.30. The molecule has 0 fully saturated rings. The first-order valence-electron chi connectivity index (χ1n) is 5.03. The molecule has 0 unspecified atom stereocenters. The lowest BCUT2D eigenvalue weighted by Crippen LogP contribution is -2.37. The molecule has 8 heteroatoms. The molecular weight excluding hydrogens is 268 g/mol. The number of rotatable bonds is 2. The average molecular weight is 278 g/mol. The van der Waals surface area contributed by atoms with Crippen LogP contribution in [0.25, 0.3) is 0 Å². The number of halogens is 4. The normalized spacial score (nSPS) is 11.2. The average Bonchev–Trinajstić information content (AvgIpc) is 2.29. The molecule has 0 saturated carbocycles. The number of hydrogen-bond donors (Lipinski definition) is 1. The minimum absolute atomic E-state index is 0.148. The molecule has 0 heterocycles. The van der Waals surface area contributed by atoms with Crippen LogP contribution < -0.4 is 5.73 Å². The zero-order valence-corrected chi connectivity index (χ0v) is 9.79. The van der Waals surface area contributed by atoms with Crippen LogP contribution in [-0.2, 0) is 22.3 Å². The van der Waals surface area contributed by atoms with Gasteiger partial charge in [0, 0.05) is 19.2 Å². The summed E-state index contributed by atoms with van der Waals surface area (Å²) in [5.74, 6) is -3.40. The fourth-order valence-electron chi connectivity index (χ4n) is 1.37. The Kier molecular flexibility index (Phi) is 4.13. The van der Waals surface area contributed by atoms with E-state index in [0.29, 0.717) is 12.1 Å². The summed E-state index contributed by atoms with van der Waals surface area (Å²) in [7, 11) is 1.18. The maximum Gasteiger partial charge on any atom is 0.416 e. The Morgan fingerprint density at radius 3 is 2.32 bits per heavy atom.